The van der Waals surface area contributed by atoms with Crippen molar-refractivity contribution in [2.75, 3.05) is 29.9 Å². The van der Waals surface area contributed by atoms with E-state index >= 15 is 0 Å². The van der Waals surface area contributed by atoms with Crippen molar-refractivity contribution in [3.8, 4) is 0 Å². The summed E-state index contributed by atoms with van der Waals surface area (Å²) < 4.78 is 40.0. The van der Waals surface area contributed by atoms with Gasteiger partial charge >= 0.3 is 0 Å². The molecule has 2 heterocycles. The predicted octanol–water partition coefficient (Wildman–Crippen LogP) is 2.80. The van der Waals surface area contributed by atoms with Gasteiger partial charge in [0.2, 0.25) is 10.0 Å². The SMILES string of the molecule is O=C(Nc1ccc(Cl)c(F)c1)c1cc(S(=O)(=O)N2CCSCC2)c[nH]1. The first kappa shape index (κ1) is 18.2. The molecule has 6 nitrogen and oxygen atoms in total. The Balaban J connectivity index is 1.76. The second-order valence-electron chi connectivity index (χ2n) is 5.35. The van der Waals surface area contributed by atoms with Crippen LogP contribution in [0.25, 0.3) is 0 Å². The number of amides is 1. The van der Waals surface area contributed by atoms with Gasteiger partial charge in [-0.15, -0.1) is 0 Å². The maximum Gasteiger partial charge on any atom is 0.272 e. The molecule has 10 heteroatoms. The minimum absolute atomic E-state index is 0.0341. The number of thioether (sulfide) groups is 1. The number of hydrogen-bond acceptors (Lipinski definition) is 4. The Labute approximate surface area is 153 Å². The highest BCUT2D eigenvalue weighted by Gasteiger charge is 2.27. The third-order valence-corrected chi connectivity index (χ3v) is 6.81. The average Bonchev–Trinajstić information content (AvgIpc) is 3.10. The molecule has 0 bridgehead atoms. The number of halogens is 2. The number of rotatable bonds is 4. The topological polar surface area (TPSA) is 82.3 Å². The zero-order valence-corrected chi connectivity index (χ0v) is 15.3. The number of carbonyl (C=O) groups excluding carboxylic acids is 1. The third-order valence-electron chi connectivity index (χ3n) is 3.69. The molecule has 0 spiro atoms. The second kappa shape index (κ2) is 7.36. The Morgan fingerprint density at radius 3 is 2.68 bits per heavy atom. The maximum atomic E-state index is 13.4. The van der Waals surface area contributed by atoms with Crippen LogP contribution in [0.4, 0.5) is 10.1 Å². The number of anilines is 1. The molecule has 1 aromatic carbocycles. The number of nitrogens with zero attached hydrogens (tertiary/aromatic N) is 1. The van der Waals surface area contributed by atoms with Gasteiger partial charge in [0.25, 0.3) is 5.91 Å². The zero-order valence-electron chi connectivity index (χ0n) is 13.0. The summed E-state index contributed by atoms with van der Waals surface area (Å²) in [6.45, 7) is 0.896. The van der Waals surface area contributed by atoms with E-state index in [1.165, 1.54) is 28.7 Å². The molecule has 0 atom stereocenters. The van der Waals surface area contributed by atoms with Gasteiger partial charge < -0.3 is 10.3 Å². The van der Waals surface area contributed by atoms with Crippen molar-refractivity contribution in [1.29, 1.82) is 0 Å². The molecular formula is C15H15ClFN3O3S2. The molecule has 0 aliphatic carbocycles. The van der Waals surface area contributed by atoms with Crippen molar-refractivity contribution in [2.45, 2.75) is 4.90 Å². The van der Waals surface area contributed by atoms with Gasteiger partial charge in [-0.2, -0.15) is 16.1 Å². The smallest absolute Gasteiger partial charge is 0.272 e. The second-order valence-corrected chi connectivity index (χ2v) is 8.92. The van der Waals surface area contributed by atoms with Crippen LogP contribution in [0.5, 0.6) is 0 Å². The number of sulfonamides is 1. The number of hydrogen-bond donors (Lipinski definition) is 2. The molecule has 2 aromatic rings. The minimum Gasteiger partial charge on any atom is -0.356 e. The van der Waals surface area contributed by atoms with Gasteiger partial charge in [0.15, 0.2) is 0 Å². The molecule has 1 aliphatic rings. The maximum absolute atomic E-state index is 13.4. The summed E-state index contributed by atoms with van der Waals surface area (Å²) >= 11 is 7.30. The Bertz CT molecular complexity index is 895. The van der Waals surface area contributed by atoms with E-state index in [-0.39, 0.29) is 21.3 Å². The quantitative estimate of drug-likeness (QED) is 0.822. The van der Waals surface area contributed by atoms with Gasteiger partial charge in [-0.1, -0.05) is 11.6 Å². The summed E-state index contributed by atoms with van der Waals surface area (Å²) in [6.07, 6.45) is 1.29. The minimum atomic E-state index is -3.63. The lowest BCUT2D eigenvalue weighted by molar-refractivity contribution is 0.102. The molecule has 0 saturated carbocycles. The Morgan fingerprint density at radius 2 is 2.00 bits per heavy atom. The summed E-state index contributed by atoms with van der Waals surface area (Å²) in [6, 6.07) is 5.14. The Morgan fingerprint density at radius 1 is 1.28 bits per heavy atom. The average molecular weight is 404 g/mol. The lowest BCUT2D eigenvalue weighted by Gasteiger charge is -2.24. The molecule has 1 saturated heterocycles. The number of aromatic nitrogens is 1. The monoisotopic (exact) mass is 403 g/mol. The lowest BCUT2D eigenvalue weighted by atomic mass is 10.3. The van der Waals surface area contributed by atoms with E-state index in [2.05, 4.69) is 10.3 Å². The summed E-state index contributed by atoms with van der Waals surface area (Å²) in [5, 5.41) is 2.44. The number of nitrogens with one attached hydrogen (secondary N) is 2. The summed E-state index contributed by atoms with van der Waals surface area (Å²) in [4.78, 5) is 14.9. The fourth-order valence-corrected chi connectivity index (χ4v) is 5.05. The molecule has 25 heavy (non-hydrogen) atoms. The van der Waals surface area contributed by atoms with E-state index in [9.17, 15) is 17.6 Å². The normalized spacial score (nSPS) is 15.9. The van der Waals surface area contributed by atoms with Crippen molar-refractivity contribution >= 4 is 45.0 Å². The largest absolute Gasteiger partial charge is 0.356 e. The Hall–Kier alpha value is -1.55. The van der Waals surface area contributed by atoms with E-state index in [4.69, 9.17) is 11.6 Å². The van der Waals surface area contributed by atoms with Gasteiger partial charge in [-0.25, -0.2) is 12.8 Å². The van der Waals surface area contributed by atoms with Crippen molar-refractivity contribution in [2.24, 2.45) is 0 Å². The van der Waals surface area contributed by atoms with Crippen LogP contribution in [-0.4, -0.2) is 48.2 Å². The van der Waals surface area contributed by atoms with Crippen molar-refractivity contribution in [3.63, 3.8) is 0 Å². The highest BCUT2D eigenvalue weighted by Crippen LogP contribution is 2.22. The van der Waals surface area contributed by atoms with Gasteiger partial charge in [0, 0.05) is 36.5 Å². The van der Waals surface area contributed by atoms with Gasteiger partial charge in [-0.05, 0) is 24.3 Å². The predicted molar refractivity (Wildman–Crippen MR) is 96.2 cm³/mol. The van der Waals surface area contributed by atoms with Crippen LogP contribution in [0.15, 0.2) is 35.4 Å². The van der Waals surface area contributed by atoms with E-state index in [0.717, 1.165) is 17.6 Å². The van der Waals surface area contributed by atoms with Crippen LogP contribution in [0.2, 0.25) is 5.02 Å². The molecule has 0 radical (unpaired) electrons. The van der Waals surface area contributed by atoms with Crippen LogP contribution >= 0.6 is 23.4 Å². The molecule has 2 N–H and O–H groups in total. The molecule has 1 fully saturated rings. The van der Waals surface area contributed by atoms with Gasteiger partial charge in [-0.3, -0.25) is 4.79 Å². The van der Waals surface area contributed by atoms with E-state index in [0.29, 0.717) is 13.1 Å². The molecule has 134 valence electrons. The number of aromatic amines is 1. The van der Waals surface area contributed by atoms with Gasteiger partial charge in [0.05, 0.1) is 5.02 Å². The summed E-state index contributed by atoms with van der Waals surface area (Å²) in [5.41, 5.74) is 0.291. The number of H-pyrrole nitrogens is 1. The van der Waals surface area contributed by atoms with Crippen molar-refractivity contribution in [3.05, 3.63) is 47.0 Å². The molecule has 1 amide bonds. The van der Waals surface area contributed by atoms with Crippen molar-refractivity contribution in [1.82, 2.24) is 9.29 Å². The first-order valence-corrected chi connectivity index (χ1v) is 10.4. The lowest BCUT2D eigenvalue weighted by Crippen LogP contribution is -2.37. The first-order valence-electron chi connectivity index (χ1n) is 7.40. The van der Waals surface area contributed by atoms with Crippen LogP contribution in [0, 0.1) is 5.82 Å². The molecular weight excluding hydrogens is 389 g/mol. The molecule has 1 aromatic heterocycles. The van der Waals surface area contributed by atoms with Crippen LogP contribution in [0.1, 0.15) is 10.5 Å². The highest BCUT2D eigenvalue weighted by molar-refractivity contribution is 7.99. The number of carbonyl (C=O) groups is 1. The molecule has 3 rings (SSSR count). The van der Waals surface area contributed by atoms with Crippen LogP contribution < -0.4 is 5.32 Å². The molecule has 1 aliphatic heterocycles. The summed E-state index contributed by atoms with van der Waals surface area (Å²) in [5.74, 6) is 0.271. The Kier molecular flexibility index (Phi) is 5.38. The van der Waals surface area contributed by atoms with E-state index in [1.54, 1.807) is 11.8 Å². The fourth-order valence-electron chi connectivity index (χ4n) is 2.36. The van der Waals surface area contributed by atoms with Crippen molar-refractivity contribution < 1.29 is 17.6 Å². The first-order chi connectivity index (χ1) is 11.9. The fraction of sp³-hybridized carbons (Fsp3) is 0.267. The van der Waals surface area contributed by atoms with Crippen LogP contribution in [0.3, 0.4) is 0 Å². The zero-order chi connectivity index (χ0) is 18.0. The summed E-state index contributed by atoms with van der Waals surface area (Å²) in [7, 11) is -3.63. The highest BCUT2D eigenvalue weighted by atomic mass is 35.5. The third kappa shape index (κ3) is 4.00. The van der Waals surface area contributed by atoms with Crippen LogP contribution in [-0.2, 0) is 10.0 Å². The standard InChI is InChI=1S/C15H15ClFN3O3S2/c16-12-2-1-10(7-13(12)17)19-15(21)14-8-11(9-18-14)25(22,23)20-3-5-24-6-4-20/h1-2,7-9,18H,3-6H2,(H,19,21). The van der Waals surface area contributed by atoms with E-state index < -0.39 is 21.7 Å². The van der Waals surface area contributed by atoms with Gasteiger partial charge in [0.1, 0.15) is 16.4 Å². The number of benzene rings is 1. The van der Waals surface area contributed by atoms with E-state index in [1.807, 2.05) is 0 Å². The molecule has 0 unspecified atom stereocenters.